The summed E-state index contributed by atoms with van der Waals surface area (Å²) >= 11 is 0. The molecular weight excluding hydrogens is 168 g/mol. The summed E-state index contributed by atoms with van der Waals surface area (Å²) in [5.41, 5.74) is 0. The highest BCUT2D eigenvalue weighted by Gasteiger charge is 1.88. The van der Waals surface area contributed by atoms with E-state index in [1.807, 2.05) is 13.8 Å². The molecule has 0 aromatic heterocycles. The summed E-state index contributed by atoms with van der Waals surface area (Å²) in [6, 6.07) is 0. The SMILES string of the molecule is CC.CCC(C)CC.CCCCCC. The lowest BCUT2D eigenvalue weighted by Crippen LogP contribution is -1.85. The number of hydrogen-bond acceptors (Lipinski definition) is 0. The van der Waals surface area contributed by atoms with Crippen LogP contribution in [0, 0.1) is 5.92 Å². The molecule has 0 aliphatic rings. The van der Waals surface area contributed by atoms with Gasteiger partial charge in [0.2, 0.25) is 0 Å². The average Bonchev–Trinajstić information content (AvgIpc) is 2.28. The number of hydrogen-bond donors (Lipinski definition) is 0. The molecule has 0 aromatic rings. The molecule has 0 unspecified atom stereocenters. The minimum atomic E-state index is 0.935. The molecule has 0 aliphatic carbocycles. The molecule has 0 heterocycles. The molecule has 0 saturated carbocycles. The second kappa shape index (κ2) is 23.1. The molecular formula is C14H34. The standard InChI is InChI=1S/2C6H14.C2H6/c1-4-6(3)5-2;1-3-5-6-4-2;1-2/h6H,4-5H2,1-3H3;3-6H2,1-2H3;1-2H3. The summed E-state index contributed by atoms with van der Waals surface area (Å²) in [7, 11) is 0. The first-order valence-electron chi connectivity index (χ1n) is 6.72. The normalized spacial score (nSPS) is 8.57. The summed E-state index contributed by atoms with van der Waals surface area (Å²) in [6.07, 6.45) is 8.20. The Bertz CT molecular complexity index is 49.1. The van der Waals surface area contributed by atoms with Gasteiger partial charge in [-0.1, -0.05) is 87.0 Å². The van der Waals surface area contributed by atoms with Gasteiger partial charge in [0.05, 0.1) is 0 Å². The minimum Gasteiger partial charge on any atom is -0.0683 e. The van der Waals surface area contributed by atoms with Crippen molar-refractivity contribution in [2.24, 2.45) is 5.92 Å². The van der Waals surface area contributed by atoms with E-state index in [2.05, 4.69) is 34.6 Å². The molecule has 0 heteroatoms. The molecule has 14 heavy (non-hydrogen) atoms. The van der Waals surface area contributed by atoms with Crippen molar-refractivity contribution in [2.45, 2.75) is 87.0 Å². The van der Waals surface area contributed by atoms with E-state index >= 15 is 0 Å². The van der Waals surface area contributed by atoms with Crippen LogP contribution in [0.4, 0.5) is 0 Å². The lowest BCUT2D eigenvalue weighted by molar-refractivity contribution is 0.544. The zero-order valence-corrected chi connectivity index (χ0v) is 11.8. The van der Waals surface area contributed by atoms with Crippen LogP contribution in [0.5, 0.6) is 0 Å². The molecule has 0 rings (SSSR count). The molecule has 0 N–H and O–H groups in total. The maximum absolute atomic E-state index is 2.28. The van der Waals surface area contributed by atoms with Crippen LogP contribution in [-0.4, -0.2) is 0 Å². The average molecular weight is 202 g/mol. The van der Waals surface area contributed by atoms with E-state index in [9.17, 15) is 0 Å². The van der Waals surface area contributed by atoms with Crippen LogP contribution in [-0.2, 0) is 0 Å². The van der Waals surface area contributed by atoms with Crippen LogP contribution in [0.3, 0.4) is 0 Å². The summed E-state index contributed by atoms with van der Waals surface area (Å²) in [5, 5.41) is 0. The third kappa shape index (κ3) is 29.6. The summed E-state index contributed by atoms with van der Waals surface area (Å²) in [4.78, 5) is 0. The Hall–Kier alpha value is 0. The predicted octanol–water partition coefficient (Wildman–Crippen LogP) is 6.06. The Morgan fingerprint density at radius 2 is 1.00 bits per heavy atom. The highest BCUT2D eigenvalue weighted by molar-refractivity contribution is 4.41. The third-order valence-corrected chi connectivity index (χ3v) is 2.35. The van der Waals surface area contributed by atoms with E-state index in [1.165, 1.54) is 38.5 Å². The van der Waals surface area contributed by atoms with Crippen LogP contribution in [0.25, 0.3) is 0 Å². The third-order valence-electron chi connectivity index (χ3n) is 2.35. The van der Waals surface area contributed by atoms with E-state index in [1.54, 1.807) is 0 Å². The van der Waals surface area contributed by atoms with Crippen LogP contribution in [0.2, 0.25) is 0 Å². The van der Waals surface area contributed by atoms with Gasteiger partial charge in [-0.15, -0.1) is 0 Å². The first-order valence-corrected chi connectivity index (χ1v) is 6.72. The van der Waals surface area contributed by atoms with Crippen molar-refractivity contribution in [3.8, 4) is 0 Å². The van der Waals surface area contributed by atoms with Crippen molar-refractivity contribution in [1.82, 2.24) is 0 Å². The van der Waals surface area contributed by atoms with Crippen molar-refractivity contribution < 1.29 is 0 Å². The van der Waals surface area contributed by atoms with Gasteiger partial charge in [0.15, 0.2) is 0 Å². The van der Waals surface area contributed by atoms with Crippen LogP contribution in [0.15, 0.2) is 0 Å². The van der Waals surface area contributed by atoms with Gasteiger partial charge < -0.3 is 0 Å². The molecule has 0 amide bonds. The Morgan fingerprint density at radius 1 is 0.714 bits per heavy atom. The smallest absolute Gasteiger partial charge is 0.0448 e. The van der Waals surface area contributed by atoms with Gasteiger partial charge in [-0.25, -0.2) is 0 Å². The van der Waals surface area contributed by atoms with Crippen LogP contribution >= 0.6 is 0 Å². The van der Waals surface area contributed by atoms with Gasteiger partial charge >= 0.3 is 0 Å². The molecule has 0 fully saturated rings. The quantitative estimate of drug-likeness (QED) is 0.476. The molecule has 0 radical (unpaired) electrons. The van der Waals surface area contributed by atoms with Crippen molar-refractivity contribution in [2.75, 3.05) is 0 Å². The number of unbranched alkanes of at least 4 members (excludes halogenated alkanes) is 3. The maximum atomic E-state index is 2.28. The fourth-order valence-electron chi connectivity index (χ4n) is 0.789. The molecule has 90 valence electrons. The van der Waals surface area contributed by atoms with E-state index in [-0.39, 0.29) is 0 Å². The van der Waals surface area contributed by atoms with Gasteiger partial charge in [0, 0.05) is 0 Å². The molecule has 0 bridgehead atoms. The van der Waals surface area contributed by atoms with E-state index < -0.39 is 0 Å². The Kier molecular flexibility index (Phi) is 32.3. The van der Waals surface area contributed by atoms with Gasteiger partial charge in [0.1, 0.15) is 0 Å². The lowest BCUT2D eigenvalue weighted by atomic mass is 10.1. The lowest BCUT2D eigenvalue weighted by Gasteiger charge is -1.98. The Balaban J connectivity index is -0.000000147. The van der Waals surface area contributed by atoms with Crippen molar-refractivity contribution in [3.63, 3.8) is 0 Å². The van der Waals surface area contributed by atoms with Gasteiger partial charge in [0.25, 0.3) is 0 Å². The number of rotatable bonds is 5. The Labute approximate surface area is 93.5 Å². The van der Waals surface area contributed by atoms with E-state index in [4.69, 9.17) is 0 Å². The minimum absolute atomic E-state index is 0.935. The van der Waals surface area contributed by atoms with Crippen molar-refractivity contribution in [3.05, 3.63) is 0 Å². The highest BCUT2D eigenvalue weighted by atomic mass is 13.9. The molecule has 0 aromatic carbocycles. The zero-order chi connectivity index (χ0) is 11.8. The fraction of sp³-hybridized carbons (Fsp3) is 1.00. The predicted molar refractivity (Wildman–Crippen MR) is 70.9 cm³/mol. The van der Waals surface area contributed by atoms with Gasteiger partial charge in [-0.3, -0.25) is 0 Å². The zero-order valence-electron chi connectivity index (χ0n) is 11.8. The topological polar surface area (TPSA) is 0 Å². The van der Waals surface area contributed by atoms with Crippen LogP contribution < -0.4 is 0 Å². The van der Waals surface area contributed by atoms with Crippen molar-refractivity contribution >= 4 is 0 Å². The maximum Gasteiger partial charge on any atom is -0.0448 e. The Morgan fingerprint density at radius 3 is 1.07 bits per heavy atom. The molecule has 0 atom stereocenters. The molecule has 0 spiro atoms. The monoisotopic (exact) mass is 202 g/mol. The summed E-state index contributed by atoms with van der Waals surface area (Å²) < 4.78 is 0. The fourth-order valence-corrected chi connectivity index (χ4v) is 0.789. The molecule has 0 saturated heterocycles. The summed E-state index contributed by atoms with van der Waals surface area (Å²) in [6.45, 7) is 15.2. The van der Waals surface area contributed by atoms with E-state index in [0.717, 1.165) is 5.92 Å². The second-order valence-electron chi connectivity index (χ2n) is 3.63. The van der Waals surface area contributed by atoms with Crippen molar-refractivity contribution in [1.29, 1.82) is 0 Å². The molecule has 0 nitrogen and oxygen atoms in total. The molecule has 0 aliphatic heterocycles. The second-order valence-corrected chi connectivity index (χ2v) is 3.63. The first-order chi connectivity index (χ1) is 6.72. The van der Waals surface area contributed by atoms with E-state index in [0.29, 0.717) is 0 Å². The summed E-state index contributed by atoms with van der Waals surface area (Å²) in [5.74, 6) is 0.935. The first kappa shape index (κ1) is 19.6. The van der Waals surface area contributed by atoms with Gasteiger partial charge in [-0.05, 0) is 5.92 Å². The van der Waals surface area contributed by atoms with Crippen LogP contribution in [0.1, 0.15) is 87.0 Å². The van der Waals surface area contributed by atoms with Gasteiger partial charge in [-0.2, -0.15) is 0 Å². The highest BCUT2D eigenvalue weighted by Crippen LogP contribution is 2.02. The largest absolute Gasteiger partial charge is 0.0683 e.